The minimum atomic E-state index is -0.974. The predicted octanol–water partition coefficient (Wildman–Crippen LogP) is 1.66. The predicted molar refractivity (Wildman–Crippen MR) is 69.8 cm³/mol. The van der Waals surface area contributed by atoms with E-state index in [0.717, 1.165) is 5.56 Å². The van der Waals surface area contributed by atoms with Crippen LogP contribution in [0.5, 0.6) is 5.75 Å². The summed E-state index contributed by atoms with van der Waals surface area (Å²) < 4.78 is 5.81. The first-order chi connectivity index (χ1) is 7.69. The van der Waals surface area contributed by atoms with Crippen LogP contribution in [-0.4, -0.2) is 16.3 Å². The number of nitrogens with two attached hydrogens (primary N) is 2. The highest BCUT2D eigenvalue weighted by molar-refractivity contribution is 5.58. The molecule has 4 nitrogen and oxygen atoms in total. The summed E-state index contributed by atoms with van der Waals surface area (Å²) in [5.74, 6) is 0.556. The third-order valence-electron chi connectivity index (χ3n) is 3.21. The van der Waals surface area contributed by atoms with E-state index in [1.807, 2.05) is 26.0 Å². The molecular weight excluding hydrogens is 216 g/mol. The Morgan fingerprint density at radius 3 is 2.29 bits per heavy atom. The molecule has 0 unspecified atom stereocenters. The first-order valence-corrected chi connectivity index (χ1v) is 5.68. The molecule has 5 N–H and O–H groups in total. The van der Waals surface area contributed by atoms with Crippen LogP contribution in [0.25, 0.3) is 0 Å². The summed E-state index contributed by atoms with van der Waals surface area (Å²) >= 11 is 0. The summed E-state index contributed by atoms with van der Waals surface area (Å²) in [5, 5.41) is 10.0. The Hall–Kier alpha value is -1.26. The van der Waals surface area contributed by atoms with E-state index in [2.05, 4.69) is 0 Å². The normalized spacial score (nSPS) is 12.6. The van der Waals surface area contributed by atoms with Crippen molar-refractivity contribution in [1.29, 1.82) is 0 Å². The number of hydrogen-bond donors (Lipinski definition) is 3. The fourth-order valence-corrected chi connectivity index (χ4v) is 1.26. The zero-order chi connectivity index (χ0) is 13.3. The SMILES string of the molecule is CC(C)(O)C(C)(C)Oc1cccc(CN)c1N. The Labute approximate surface area is 103 Å². The van der Waals surface area contributed by atoms with Crippen LogP contribution in [-0.2, 0) is 6.54 Å². The molecule has 0 fully saturated rings. The van der Waals surface area contributed by atoms with Gasteiger partial charge in [0.05, 0.1) is 11.3 Å². The largest absolute Gasteiger partial charge is 0.483 e. The molecular formula is C13H22N2O2. The second-order valence-corrected chi connectivity index (χ2v) is 5.20. The van der Waals surface area contributed by atoms with Gasteiger partial charge in [-0.15, -0.1) is 0 Å². The molecule has 17 heavy (non-hydrogen) atoms. The lowest BCUT2D eigenvalue weighted by Gasteiger charge is -2.37. The molecule has 0 atom stereocenters. The molecule has 0 radical (unpaired) electrons. The molecule has 0 aliphatic heterocycles. The number of anilines is 1. The molecule has 0 bridgehead atoms. The van der Waals surface area contributed by atoms with Gasteiger partial charge in [-0.05, 0) is 39.3 Å². The Balaban J connectivity index is 3.04. The van der Waals surface area contributed by atoms with Crippen molar-refractivity contribution < 1.29 is 9.84 Å². The number of para-hydroxylation sites is 1. The summed E-state index contributed by atoms with van der Waals surface area (Å²) in [6.45, 7) is 7.42. The summed E-state index contributed by atoms with van der Waals surface area (Å²) in [6, 6.07) is 5.48. The molecule has 0 amide bonds. The Bertz CT molecular complexity index is 395. The quantitative estimate of drug-likeness (QED) is 0.697. The van der Waals surface area contributed by atoms with Crippen LogP contribution in [0.1, 0.15) is 33.3 Å². The maximum atomic E-state index is 10.0. The van der Waals surface area contributed by atoms with Gasteiger partial charge in [0.15, 0.2) is 0 Å². The van der Waals surface area contributed by atoms with E-state index < -0.39 is 11.2 Å². The average molecular weight is 238 g/mol. The second-order valence-electron chi connectivity index (χ2n) is 5.20. The summed E-state index contributed by atoms with van der Waals surface area (Å²) in [7, 11) is 0. The van der Waals surface area contributed by atoms with Gasteiger partial charge in [-0.3, -0.25) is 0 Å². The minimum Gasteiger partial charge on any atom is -0.483 e. The van der Waals surface area contributed by atoms with Crippen molar-refractivity contribution >= 4 is 5.69 Å². The number of rotatable bonds is 4. The topological polar surface area (TPSA) is 81.5 Å². The Kier molecular flexibility index (Phi) is 3.69. The van der Waals surface area contributed by atoms with E-state index in [-0.39, 0.29) is 0 Å². The van der Waals surface area contributed by atoms with Crippen LogP contribution in [0, 0.1) is 0 Å². The molecule has 0 saturated heterocycles. The van der Waals surface area contributed by atoms with Crippen molar-refractivity contribution in [3.05, 3.63) is 23.8 Å². The molecule has 0 spiro atoms. The van der Waals surface area contributed by atoms with Gasteiger partial charge < -0.3 is 21.3 Å². The van der Waals surface area contributed by atoms with Gasteiger partial charge in [-0.2, -0.15) is 0 Å². The maximum absolute atomic E-state index is 10.0. The molecule has 96 valence electrons. The summed E-state index contributed by atoms with van der Waals surface area (Å²) in [4.78, 5) is 0. The van der Waals surface area contributed by atoms with Crippen LogP contribution in [0.3, 0.4) is 0 Å². The smallest absolute Gasteiger partial charge is 0.143 e. The lowest BCUT2D eigenvalue weighted by molar-refractivity contribution is -0.0903. The van der Waals surface area contributed by atoms with Crippen LogP contribution in [0.4, 0.5) is 5.69 Å². The monoisotopic (exact) mass is 238 g/mol. The Morgan fingerprint density at radius 1 is 1.24 bits per heavy atom. The molecule has 1 rings (SSSR count). The highest BCUT2D eigenvalue weighted by Crippen LogP contribution is 2.32. The first kappa shape index (κ1) is 13.8. The van der Waals surface area contributed by atoms with Gasteiger partial charge in [-0.25, -0.2) is 0 Å². The average Bonchev–Trinajstić information content (AvgIpc) is 2.19. The number of hydrogen-bond acceptors (Lipinski definition) is 4. The third-order valence-corrected chi connectivity index (χ3v) is 3.21. The fraction of sp³-hybridized carbons (Fsp3) is 0.538. The molecule has 4 heteroatoms. The summed E-state index contributed by atoms with van der Waals surface area (Å²) in [6.07, 6.45) is 0. The van der Waals surface area contributed by atoms with Crippen molar-refractivity contribution in [2.24, 2.45) is 5.73 Å². The van der Waals surface area contributed by atoms with Crippen molar-refractivity contribution in [3.63, 3.8) is 0 Å². The van der Waals surface area contributed by atoms with E-state index in [1.165, 1.54) is 0 Å². The van der Waals surface area contributed by atoms with E-state index >= 15 is 0 Å². The standard InChI is InChI=1S/C13H22N2O2/c1-12(2,16)13(3,4)17-10-7-5-6-9(8-14)11(10)15/h5-7,16H,8,14-15H2,1-4H3. The van der Waals surface area contributed by atoms with E-state index in [9.17, 15) is 5.11 Å². The van der Waals surface area contributed by atoms with Gasteiger partial charge in [0.2, 0.25) is 0 Å². The first-order valence-electron chi connectivity index (χ1n) is 5.68. The van der Waals surface area contributed by atoms with Gasteiger partial charge in [-0.1, -0.05) is 12.1 Å². The second kappa shape index (κ2) is 4.55. The van der Waals surface area contributed by atoms with Crippen molar-refractivity contribution in [2.45, 2.75) is 45.4 Å². The van der Waals surface area contributed by atoms with Crippen LogP contribution < -0.4 is 16.2 Å². The Morgan fingerprint density at radius 2 is 1.82 bits per heavy atom. The maximum Gasteiger partial charge on any atom is 0.143 e. The summed E-state index contributed by atoms with van der Waals surface area (Å²) in [5.41, 5.74) is 11.2. The van der Waals surface area contributed by atoms with Crippen molar-refractivity contribution in [3.8, 4) is 5.75 Å². The zero-order valence-electron chi connectivity index (χ0n) is 10.9. The molecule has 0 aliphatic rings. The van der Waals surface area contributed by atoms with Crippen molar-refractivity contribution in [1.82, 2.24) is 0 Å². The minimum absolute atomic E-state index is 0.367. The highest BCUT2D eigenvalue weighted by Gasteiger charge is 2.37. The van der Waals surface area contributed by atoms with E-state index in [0.29, 0.717) is 18.0 Å². The molecule has 0 saturated carbocycles. The third kappa shape index (κ3) is 2.90. The number of ether oxygens (including phenoxy) is 1. The molecule has 0 aromatic heterocycles. The number of aliphatic hydroxyl groups is 1. The van der Waals surface area contributed by atoms with E-state index in [1.54, 1.807) is 19.9 Å². The van der Waals surface area contributed by atoms with Gasteiger partial charge in [0, 0.05) is 6.54 Å². The fourth-order valence-electron chi connectivity index (χ4n) is 1.26. The van der Waals surface area contributed by atoms with Crippen LogP contribution in [0.15, 0.2) is 18.2 Å². The van der Waals surface area contributed by atoms with Gasteiger partial charge in [0.1, 0.15) is 11.4 Å². The van der Waals surface area contributed by atoms with Crippen LogP contribution >= 0.6 is 0 Å². The molecule has 1 aromatic carbocycles. The molecule has 1 aromatic rings. The van der Waals surface area contributed by atoms with Gasteiger partial charge >= 0.3 is 0 Å². The van der Waals surface area contributed by atoms with Gasteiger partial charge in [0.25, 0.3) is 0 Å². The lowest BCUT2D eigenvalue weighted by atomic mass is 9.89. The highest BCUT2D eigenvalue weighted by atomic mass is 16.5. The van der Waals surface area contributed by atoms with Crippen molar-refractivity contribution in [2.75, 3.05) is 5.73 Å². The van der Waals surface area contributed by atoms with E-state index in [4.69, 9.17) is 16.2 Å². The lowest BCUT2D eigenvalue weighted by Crippen LogP contribution is -2.49. The number of nitrogen functional groups attached to an aromatic ring is 1. The van der Waals surface area contributed by atoms with Crippen LogP contribution in [0.2, 0.25) is 0 Å². The number of benzene rings is 1. The molecule has 0 aliphatic carbocycles. The molecule has 0 heterocycles. The zero-order valence-corrected chi connectivity index (χ0v) is 10.9.